The first-order chi connectivity index (χ1) is 9.65. The highest BCUT2D eigenvalue weighted by Gasteiger charge is 2.15. The molecule has 0 aliphatic heterocycles. The van der Waals surface area contributed by atoms with Crippen LogP contribution in [0.25, 0.3) is 5.65 Å². The lowest BCUT2D eigenvalue weighted by molar-refractivity contribution is 0.0692. The second kappa shape index (κ2) is 4.93. The molecule has 0 bridgehead atoms. The normalized spacial score (nSPS) is 10.8. The number of carboxylic acids is 1. The van der Waals surface area contributed by atoms with Crippen molar-refractivity contribution >= 4 is 23.4 Å². The van der Waals surface area contributed by atoms with Crippen molar-refractivity contribution in [3.63, 3.8) is 0 Å². The van der Waals surface area contributed by atoms with E-state index in [0.717, 1.165) is 17.8 Å². The molecule has 5 nitrogen and oxygen atoms in total. The predicted octanol–water partition coefficient (Wildman–Crippen LogP) is 2.72. The molecule has 0 saturated heterocycles. The minimum absolute atomic E-state index is 0.0947. The molecule has 0 amide bonds. The topological polar surface area (TPSA) is 67.5 Å². The van der Waals surface area contributed by atoms with E-state index in [9.17, 15) is 9.18 Å². The molecule has 2 heterocycles. The summed E-state index contributed by atoms with van der Waals surface area (Å²) >= 11 is 1.13. The van der Waals surface area contributed by atoms with Crippen LogP contribution in [0, 0.1) is 5.82 Å². The summed E-state index contributed by atoms with van der Waals surface area (Å²) in [5.74, 6) is -1.77. The molecule has 7 heteroatoms. The van der Waals surface area contributed by atoms with E-state index in [-0.39, 0.29) is 5.56 Å². The fourth-order valence-corrected chi connectivity index (χ4v) is 2.67. The largest absolute Gasteiger partial charge is 0.478 e. The maximum atomic E-state index is 13.1. The van der Waals surface area contributed by atoms with E-state index < -0.39 is 11.8 Å². The van der Waals surface area contributed by atoms with Gasteiger partial charge in [0.25, 0.3) is 0 Å². The lowest BCUT2D eigenvalue weighted by Crippen LogP contribution is -2.00. The molecule has 0 radical (unpaired) electrons. The minimum Gasteiger partial charge on any atom is -0.478 e. The number of carbonyl (C=O) groups is 1. The second-order valence-corrected chi connectivity index (χ2v) is 4.97. The zero-order valence-corrected chi connectivity index (χ0v) is 10.8. The Balaban J connectivity index is 2.05. The average Bonchev–Trinajstić information content (AvgIpc) is 2.84. The van der Waals surface area contributed by atoms with Crippen molar-refractivity contribution in [2.45, 2.75) is 10.1 Å². The molecule has 3 aromatic rings. The van der Waals surface area contributed by atoms with Gasteiger partial charge in [-0.1, -0.05) is 6.07 Å². The number of hydrogen-bond acceptors (Lipinski definition) is 4. The Kier molecular flexibility index (Phi) is 3.11. The molecule has 100 valence electrons. The molecule has 0 aliphatic carbocycles. The number of aromatic nitrogens is 3. The number of aromatic carboxylic acids is 1. The molecule has 0 aliphatic rings. The Labute approximate surface area is 117 Å². The predicted molar refractivity (Wildman–Crippen MR) is 70.5 cm³/mol. The molecular formula is C13H8FN3O2S. The third-order valence-corrected chi connectivity index (χ3v) is 3.69. The van der Waals surface area contributed by atoms with Gasteiger partial charge in [-0.3, -0.25) is 4.40 Å². The molecular weight excluding hydrogens is 281 g/mol. The fourth-order valence-electron chi connectivity index (χ4n) is 1.75. The van der Waals surface area contributed by atoms with Crippen LogP contribution < -0.4 is 0 Å². The van der Waals surface area contributed by atoms with Crippen LogP contribution in [0.3, 0.4) is 0 Å². The van der Waals surface area contributed by atoms with Gasteiger partial charge in [0.1, 0.15) is 5.82 Å². The zero-order chi connectivity index (χ0) is 14.1. The molecule has 3 rings (SSSR count). The van der Waals surface area contributed by atoms with Gasteiger partial charge in [0, 0.05) is 11.1 Å². The number of rotatable bonds is 3. The number of hydrogen-bond donors (Lipinski definition) is 1. The molecule has 20 heavy (non-hydrogen) atoms. The van der Waals surface area contributed by atoms with Crippen molar-refractivity contribution in [3.8, 4) is 0 Å². The van der Waals surface area contributed by atoms with Crippen LogP contribution in [0.1, 0.15) is 10.4 Å². The van der Waals surface area contributed by atoms with Gasteiger partial charge in [0.2, 0.25) is 0 Å². The van der Waals surface area contributed by atoms with E-state index in [2.05, 4.69) is 10.2 Å². The van der Waals surface area contributed by atoms with Gasteiger partial charge in [-0.25, -0.2) is 9.18 Å². The second-order valence-electron chi connectivity index (χ2n) is 3.96. The summed E-state index contributed by atoms with van der Waals surface area (Å²) in [6.45, 7) is 0. The highest BCUT2D eigenvalue weighted by atomic mass is 32.2. The number of benzene rings is 1. The lowest BCUT2D eigenvalue weighted by Gasteiger charge is -2.04. The highest BCUT2D eigenvalue weighted by Crippen LogP contribution is 2.30. The number of halogens is 1. The van der Waals surface area contributed by atoms with Gasteiger partial charge in [-0.05, 0) is 42.1 Å². The van der Waals surface area contributed by atoms with Crippen LogP contribution >= 0.6 is 11.8 Å². The standard InChI is InChI=1S/C13H8FN3O2S/c14-8-4-5-10(9(7-8)12(18)19)20-13-16-15-11-3-1-2-6-17(11)13/h1-7H,(H,18,19). The van der Waals surface area contributed by atoms with E-state index in [0.29, 0.717) is 15.7 Å². The summed E-state index contributed by atoms with van der Waals surface area (Å²) in [4.78, 5) is 11.6. The van der Waals surface area contributed by atoms with Crippen molar-refractivity contribution in [2.75, 3.05) is 0 Å². The number of fused-ring (bicyclic) bond motifs is 1. The summed E-state index contributed by atoms with van der Waals surface area (Å²) in [6, 6.07) is 9.08. The lowest BCUT2D eigenvalue weighted by atomic mass is 10.2. The van der Waals surface area contributed by atoms with Gasteiger partial charge in [0.15, 0.2) is 10.8 Å². The third kappa shape index (κ3) is 2.23. The van der Waals surface area contributed by atoms with Gasteiger partial charge in [-0.15, -0.1) is 10.2 Å². The molecule has 2 aromatic heterocycles. The van der Waals surface area contributed by atoms with Crippen molar-refractivity contribution in [3.05, 3.63) is 54.0 Å². The summed E-state index contributed by atoms with van der Waals surface area (Å²) in [5.41, 5.74) is 0.566. The van der Waals surface area contributed by atoms with Gasteiger partial charge < -0.3 is 5.11 Å². The van der Waals surface area contributed by atoms with Crippen molar-refractivity contribution < 1.29 is 14.3 Å². The zero-order valence-electron chi connectivity index (χ0n) is 10.0. The molecule has 0 fully saturated rings. The van der Waals surface area contributed by atoms with Crippen LogP contribution in [-0.2, 0) is 0 Å². The first kappa shape index (κ1) is 12.6. The molecule has 0 unspecified atom stereocenters. The van der Waals surface area contributed by atoms with Gasteiger partial charge in [-0.2, -0.15) is 0 Å². The number of pyridine rings is 1. The van der Waals surface area contributed by atoms with Crippen LogP contribution in [0.4, 0.5) is 4.39 Å². The number of carboxylic acid groups (broad SMARTS) is 1. The van der Waals surface area contributed by atoms with E-state index in [1.165, 1.54) is 12.1 Å². The Morgan fingerprint density at radius 2 is 2.10 bits per heavy atom. The SMILES string of the molecule is O=C(O)c1cc(F)ccc1Sc1nnc2ccccn12. The smallest absolute Gasteiger partial charge is 0.336 e. The molecule has 1 aromatic carbocycles. The van der Waals surface area contributed by atoms with Gasteiger partial charge >= 0.3 is 5.97 Å². The maximum absolute atomic E-state index is 13.1. The first-order valence-electron chi connectivity index (χ1n) is 5.65. The summed E-state index contributed by atoms with van der Waals surface area (Å²) in [7, 11) is 0. The summed E-state index contributed by atoms with van der Waals surface area (Å²) < 4.78 is 14.9. The van der Waals surface area contributed by atoms with Crippen LogP contribution in [0.5, 0.6) is 0 Å². The highest BCUT2D eigenvalue weighted by molar-refractivity contribution is 7.99. The molecule has 0 atom stereocenters. The maximum Gasteiger partial charge on any atom is 0.336 e. The van der Waals surface area contributed by atoms with Crippen LogP contribution in [-0.4, -0.2) is 25.7 Å². The van der Waals surface area contributed by atoms with Crippen molar-refractivity contribution in [1.29, 1.82) is 0 Å². The van der Waals surface area contributed by atoms with Crippen LogP contribution in [0.15, 0.2) is 52.6 Å². The van der Waals surface area contributed by atoms with Gasteiger partial charge in [0.05, 0.1) is 5.56 Å². The Morgan fingerprint density at radius 1 is 1.25 bits per heavy atom. The molecule has 0 spiro atoms. The van der Waals surface area contributed by atoms with Crippen LogP contribution in [0.2, 0.25) is 0 Å². The Bertz CT molecular complexity index is 803. The third-order valence-electron chi connectivity index (χ3n) is 2.66. The minimum atomic E-state index is -1.18. The van der Waals surface area contributed by atoms with E-state index >= 15 is 0 Å². The van der Waals surface area contributed by atoms with E-state index in [4.69, 9.17) is 5.11 Å². The monoisotopic (exact) mass is 289 g/mol. The van der Waals surface area contributed by atoms with Crippen molar-refractivity contribution in [1.82, 2.24) is 14.6 Å². The number of nitrogens with zero attached hydrogens (tertiary/aromatic N) is 3. The summed E-state index contributed by atoms with van der Waals surface area (Å²) in [5, 5.41) is 17.6. The average molecular weight is 289 g/mol. The molecule has 1 N–H and O–H groups in total. The quantitative estimate of drug-likeness (QED) is 0.803. The Morgan fingerprint density at radius 3 is 2.90 bits per heavy atom. The summed E-state index contributed by atoms with van der Waals surface area (Å²) in [6.07, 6.45) is 1.78. The van der Waals surface area contributed by atoms with Crippen molar-refractivity contribution in [2.24, 2.45) is 0 Å². The van der Waals surface area contributed by atoms with E-state index in [1.807, 2.05) is 12.1 Å². The molecule has 0 saturated carbocycles. The Hall–Kier alpha value is -2.41. The fraction of sp³-hybridized carbons (Fsp3) is 0. The first-order valence-corrected chi connectivity index (χ1v) is 6.47. The van der Waals surface area contributed by atoms with E-state index in [1.54, 1.807) is 16.7 Å².